The van der Waals surface area contributed by atoms with E-state index < -0.39 is 0 Å². The van der Waals surface area contributed by atoms with Crippen LogP contribution in [0, 0.1) is 20.8 Å². The zero-order chi connectivity index (χ0) is 45.8. The molecule has 4 aliphatic rings. The molecule has 0 saturated heterocycles. The van der Waals surface area contributed by atoms with E-state index >= 15 is 0 Å². The first kappa shape index (κ1) is 41.3. The van der Waals surface area contributed by atoms with Crippen LogP contribution < -0.4 is 31.1 Å². The predicted octanol–water partition coefficient (Wildman–Crippen LogP) is 14.9. The molecule has 12 rings (SSSR count). The lowest BCUT2D eigenvalue weighted by Gasteiger charge is -2.51. The Balaban J connectivity index is 1.15. The van der Waals surface area contributed by atoms with E-state index in [1.165, 1.54) is 109 Å². The van der Waals surface area contributed by atoms with Gasteiger partial charge in [0.05, 0.1) is 5.54 Å². The van der Waals surface area contributed by atoms with Crippen molar-refractivity contribution in [2.75, 3.05) is 14.7 Å². The molecular weight excluding hydrogens is 802 g/mol. The van der Waals surface area contributed by atoms with Crippen molar-refractivity contribution in [3.8, 4) is 0 Å². The number of hydrogen-bond donors (Lipinski definition) is 0. The van der Waals surface area contributed by atoms with Gasteiger partial charge in [-0.25, -0.2) is 0 Å². The summed E-state index contributed by atoms with van der Waals surface area (Å²) in [7, 11) is 0. The number of rotatable bonds is 3. The van der Waals surface area contributed by atoms with Crippen LogP contribution in [0.5, 0.6) is 0 Å². The first-order valence-electron chi connectivity index (χ1n) is 24.4. The fraction of sp³-hybridized carbons (Fsp3) is 0.311. The molecule has 1 aromatic heterocycles. The molecule has 7 aromatic carbocycles. The van der Waals surface area contributed by atoms with E-state index in [1.807, 2.05) is 0 Å². The van der Waals surface area contributed by atoms with E-state index in [0.29, 0.717) is 0 Å². The lowest BCUT2D eigenvalue weighted by Crippen LogP contribution is -2.61. The highest BCUT2D eigenvalue weighted by Gasteiger charge is 2.58. The molecule has 5 heteroatoms. The number of para-hydroxylation sites is 1. The SMILES string of the molecule is Cc1cc2c3c(c1)N(c1ccc4c(c1)oc1ccccc14)c1cc(N4c5cc(C)cc(C)c5C5(C)CCCCC45C)ccc1B3c1cc(C(C)(C)C)ccc1N2c1ccc(C(C)(C)C)cc1. The van der Waals surface area contributed by atoms with Gasteiger partial charge >= 0.3 is 0 Å². The topological polar surface area (TPSA) is 22.9 Å². The summed E-state index contributed by atoms with van der Waals surface area (Å²) in [5.41, 5.74) is 23.9. The summed E-state index contributed by atoms with van der Waals surface area (Å²) in [5, 5.41) is 2.29. The Morgan fingerprint density at radius 2 is 1.14 bits per heavy atom. The number of benzene rings is 7. The first-order chi connectivity index (χ1) is 31.4. The standard InChI is InChI=1S/C61H62BN3O/c1-37-30-39(3)56-51(31-37)65(61(11)29-15-14-28-60(56,61)10)44-24-26-47-50(35-44)64(43-23-25-46-45-16-12-13-17-54(45)66-55(46)36-43)53-33-38(2)32-52-57(53)62(47)48-34-41(59(7,8)9)20-27-49(48)63(52)42-21-18-40(19-22-42)58(4,5)6/h12-13,16-27,30-36H,14-15,28-29H2,1-11H3. The van der Waals surface area contributed by atoms with E-state index in [9.17, 15) is 0 Å². The van der Waals surface area contributed by atoms with Crippen LogP contribution in [0.3, 0.4) is 0 Å². The highest BCUT2D eigenvalue weighted by atomic mass is 16.3. The second-order valence-electron chi connectivity index (χ2n) is 22.8. The minimum Gasteiger partial charge on any atom is -0.456 e. The van der Waals surface area contributed by atoms with E-state index in [1.54, 1.807) is 0 Å². The molecule has 0 radical (unpaired) electrons. The second kappa shape index (κ2) is 13.9. The summed E-state index contributed by atoms with van der Waals surface area (Å²) in [6, 6.07) is 49.3. The van der Waals surface area contributed by atoms with Crippen LogP contribution in [0.4, 0.5) is 45.5 Å². The molecule has 0 spiro atoms. The largest absolute Gasteiger partial charge is 0.456 e. The maximum atomic E-state index is 6.67. The molecule has 1 aliphatic carbocycles. The summed E-state index contributed by atoms with van der Waals surface area (Å²) < 4.78 is 6.67. The number of aryl methyl sites for hydroxylation is 3. The fourth-order valence-electron chi connectivity index (χ4n) is 13.0. The molecule has 1 saturated carbocycles. The Labute approximate surface area is 392 Å². The van der Waals surface area contributed by atoms with Crippen LogP contribution in [0.15, 0.2) is 132 Å². The third-order valence-electron chi connectivity index (χ3n) is 16.5. The van der Waals surface area contributed by atoms with Crippen molar-refractivity contribution < 1.29 is 4.42 Å². The van der Waals surface area contributed by atoms with E-state index in [2.05, 4.69) is 218 Å². The summed E-state index contributed by atoms with van der Waals surface area (Å²) in [6.07, 6.45) is 4.86. The van der Waals surface area contributed by atoms with Crippen molar-refractivity contribution >= 4 is 90.5 Å². The van der Waals surface area contributed by atoms with Crippen LogP contribution in [-0.2, 0) is 16.2 Å². The zero-order valence-electron chi connectivity index (χ0n) is 40.8. The van der Waals surface area contributed by atoms with Crippen LogP contribution in [0.2, 0.25) is 0 Å². The molecule has 1 fully saturated rings. The average molecular weight is 864 g/mol. The minimum absolute atomic E-state index is 0.0131. The highest BCUT2D eigenvalue weighted by molar-refractivity contribution is 7.00. The van der Waals surface area contributed by atoms with Crippen molar-refractivity contribution in [3.05, 3.63) is 161 Å². The number of furan rings is 1. The molecule has 3 aliphatic heterocycles. The van der Waals surface area contributed by atoms with Crippen LogP contribution >= 0.6 is 0 Å². The van der Waals surface area contributed by atoms with E-state index in [4.69, 9.17) is 4.42 Å². The molecule has 0 bridgehead atoms. The molecule has 4 heterocycles. The summed E-state index contributed by atoms with van der Waals surface area (Å²) in [4.78, 5) is 7.90. The lowest BCUT2D eigenvalue weighted by atomic mass is 9.33. The molecule has 330 valence electrons. The third-order valence-corrected chi connectivity index (χ3v) is 16.5. The maximum Gasteiger partial charge on any atom is 0.252 e. The Morgan fingerprint density at radius 1 is 0.515 bits per heavy atom. The Bertz CT molecular complexity index is 3330. The van der Waals surface area contributed by atoms with Gasteiger partial charge in [0.1, 0.15) is 11.2 Å². The smallest absolute Gasteiger partial charge is 0.252 e. The van der Waals surface area contributed by atoms with Crippen molar-refractivity contribution in [1.82, 2.24) is 0 Å². The van der Waals surface area contributed by atoms with Crippen LogP contribution in [0.25, 0.3) is 21.9 Å². The molecule has 2 atom stereocenters. The molecule has 0 amide bonds. The zero-order valence-corrected chi connectivity index (χ0v) is 40.8. The number of nitrogens with zero attached hydrogens (tertiary/aromatic N) is 3. The minimum atomic E-state index is -0.0726. The fourth-order valence-corrected chi connectivity index (χ4v) is 13.0. The monoisotopic (exact) mass is 863 g/mol. The van der Waals surface area contributed by atoms with Gasteiger partial charge in [0.2, 0.25) is 0 Å². The van der Waals surface area contributed by atoms with Gasteiger partial charge in [0.15, 0.2) is 0 Å². The Morgan fingerprint density at radius 3 is 1.88 bits per heavy atom. The molecular formula is C61H62BN3O. The molecule has 0 N–H and O–H groups in total. The van der Waals surface area contributed by atoms with Gasteiger partial charge in [0.25, 0.3) is 6.71 Å². The van der Waals surface area contributed by atoms with Gasteiger partial charge in [-0.1, -0.05) is 116 Å². The number of fused-ring (bicyclic) bond motifs is 10. The highest BCUT2D eigenvalue weighted by Crippen LogP contribution is 2.62. The average Bonchev–Trinajstić information content (AvgIpc) is 3.74. The molecule has 4 nitrogen and oxygen atoms in total. The number of anilines is 8. The van der Waals surface area contributed by atoms with Crippen LogP contribution in [-0.4, -0.2) is 12.3 Å². The second-order valence-corrected chi connectivity index (χ2v) is 22.8. The van der Waals surface area contributed by atoms with Gasteiger partial charge in [0, 0.05) is 67.8 Å². The van der Waals surface area contributed by atoms with Gasteiger partial charge in [-0.15, -0.1) is 0 Å². The first-order valence-corrected chi connectivity index (χ1v) is 24.4. The molecule has 66 heavy (non-hydrogen) atoms. The van der Waals surface area contributed by atoms with Crippen molar-refractivity contribution in [1.29, 1.82) is 0 Å². The summed E-state index contributed by atoms with van der Waals surface area (Å²) in [5.74, 6) is 0. The molecule has 2 unspecified atom stereocenters. The Kier molecular flexibility index (Phi) is 8.70. The van der Waals surface area contributed by atoms with Crippen molar-refractivity contribution in [3.63, 3.8) is 0 Å². The van der Waals surface area contributed by atoms with Gasteiger partial charge in [-0.2, -0.15) is 0 Å². The summed E-state index contributed by atoms with van der Waals surface area (Å²) >= 11 is 0. The van der Waals surface area contributed by atoms with Crippen molar-refractivity contribution in [2.24, 2.45) is 0 Å². The molecule has 8 aromatic rings. The van der Waals surface area contributed by atoms with Gasteiger partial charge in [-0.05, 0) is 168 Å². The summed E-state index contributed by atoms with van der Waals surface area (Å²) in [6.45, 7) is 26.0. The van der Waals surface area contributed by atoms with E-state index in [0.717, 1.165) is 34.0 Å². The van der Waals surface area contributed by atoms with Crippen molar-refractivity contribution in [2.45, 2.75) is 124 Å². The van der Waals surface area contributed by atoms with Crippen LogP contribution in [0.1, 0.15) is 114 Å². The maximum absolute atomic E-state index is 6.67. The number of hydrogen-bond acceptors (Lipinski definition) is 4. The normalized spacial score (nSPS) is 19.8. The van der Waals surface area contributed by atoms with Gasteiger partial charge < -0.3 is 19.1 Å². The third kappa shape index (κ3) is 5.77. The Hall–Kier alpha value is -6.20. The van der Waals surface area contributed by atoms with E-state index in [-0.39, 0.29) is 28.5 Å². The quantitative estimate of drug-likeness (QED) is 0.165. The van der Waals surface area contributed by atoms with Gasteiger partial charge in [-0.3, -0.25) is 0 Å². The predicted molar refractivity (Wildman–Crippen MR) is 282 cm³/mol. The lowest BCUT2D eigenvalue weighted by molar-refractivity contribution is 0.194.